The largest absolute Gasteiger partial charge is 0.480 e. The lowest BCUT2D eigenvalue weighted by molar-refractivity contribution is -0.149. The minimum Gasteiger partial charge on any atom is -0.480 e. The summed E-state index contributed by atoms with van der Waals surface area (Å²) in [6, 6.07) is 7.63. The summed E-state index contributed by atoms with van der Waals surface area (Å²) < 4.78 is 39.2. The summed E-state index contributed by atoms with van der Waals surface area (Å²) >= 11 is 0. The number of likely N-dealkylation sites (N-methyl/N-ethyl adjacent to an activating group) is 1. The SMILES string of the molecule is CN(C(=O)[C@@H]1CCCN1)[C@@H](Cc1ccc(NC(=O)NS(=O)(=O)c2ccc(F)cc2)cc1)C(=O)O. The zero-order valence-electron chi connectivity index (χ0n) is 18.3. The monoisotopic (exact) mass is 492 g/mol. The molecule has 0 spiro atoms. The molecule has 2 aromatic rings. The molecule has 12 heteroatoms. The summed E-state index contributed by atoms with van der Waals surface area (Å²) in [4.78, 5) is 37.4. The molecule has 3 rings (SSSR count). The van der Waals surface area contributed by atoms with E-state index in [1.165, 1.54) is 24.1 Å². The van der Waals surface area contributed by atoms with Crippen molar-refractivity contribution < 1.29 is 32.3 Å². The molecule has 0 aromatic heterocycles. The van der Waals surface area contributed by atoms with Crippen LogP contribution in [-0.4, -0.2) is 62.0 Å². The first-order chi connectivity index (χ1) is 16.1. The first-order valence-electron chi connectivity index (χ1n) is 10.5. The predicted octanol–water partition coefficient (Wildman–Crippen LogP) is 1.54. The van der Waals surface area contributed by atoms with Crippen LogP contribution in [0.5, 0.6) is 0 Å². The molecule has 1 saturated heterocycles. The lowest BCUT2D eigenvalue weighted by Crippen LogP contribution is -2.50. The van der Waals surface area contributed by atoms with Gasteiger partial charge in [-0.1, -0.05) is 12.1 Å². The van der Waals surface area contributed by atoms with Gasteiger partial charge in [-0.2, -0.15) is 0 Å². The third kappa shape index (κ3) is 6.29. The number of urea groups is 1. The molecule has 10 nitrogen and oxygen atoms in total. The summed E-state index contributed by atoms with van der Waals surface area (Å²) in [7, 11) is -2.73. The van der Waals surface area contributed by atoms with Gasteiger partial charge in [0.25, 0.3) is 10.0 Å². The molecular formula is C22H25FN4O6S. The second kappa shape index (κ2) is 10.6. The van der Waals surface area contributed by atoms with Crippen molar-refractivity contribution in [2.24, 2.45) is 0 Å². The van der Waals surface area contributed by atoms with Gasteiger partial charge < -0.3 is 20.6 Å². The number of nitrogens with zero attached hydrogens (tertiary/aromatic N) is 1. The quantitative estimate of drug-likeness (QED) is 0.437. The Labute approximate surface area is 196 Å². The number of benzene rings is 2. The average Bonchev–Trinajstić information content (AvgIpc) is 3.32. The Morgan fingerprint density at radius 1 is 1.15 bits per heavy atom. The molecule has 0 radical (unpaired) electrons. The van der Waals surface area contributed by atoms with Crippen molar-refractivity contribution in [3.05, 3.63) is 59.9 Å². The van der Waals surface area contributed by atoms with Gasteiger partial charge >= 0.3 is 12.0 Å². The highest BCUT2D eigenvalue weighted by molar-refractivity contribution is 7.90. The Balaban J connectivity index is 1.61. The molecule has 4 N–H and O–H groups in total. The number of amides is 3. The maximum Gasteiger partial charge on any atom is 0.333 e. The number of halogens is 1. The van der Waals surface area contributed by atoms with Crippen LogP contribution in [0.4, 0.5) is 14.9 Å². The Morgan fingerprint density at radius 2 is 1.79 bits per heavy atom. The molecule has 2 atom stereocenters. The summed E-state index contributed by atoms with van der Waals surface area (Å²) in [5.41, 5.74) is 0.873. The Hall–Kier alpha value is -3.51. The number of carbonyl (C=O) groups excluding carboxylic acids is 2. The highest BCUT2D eigenvalue weighted by Crippen LogP contribution is 2.16. The number of carboxylic acids is 1. The number of hydrogen-bond acceptors (Lipinski definition) is 6. The molecule has 0 bridgehead atoms. The maximum absolute atomic E-state index is 13.0. The second-order valence-corrected chi connectivity index (χ2v) is 9.55. The molecule has 3 amide bonds. The lowest BCUT2D eigenvalue weighted by atomic mass is 10.0. The van der Waals surface area contributed by atoms with Crippen LogP contribution in [0.15, 0.2) is 53.4 Å². The van der Waals surface area contributed by atoms with Crippen molar-refractivity contribution in [2.45, 2.75) is 36.2 Å². The van der Waals surface area contributed by atoms with Crippen molar-refractivity contribution in [2.75, 3.05) is 18.9 Å². The van der Waals surface area contributed by atoms with E-state index in [1.807, 2.05) is 4.72 Å². The second-order valence-electron chi connectivity index (χ2n) is 7.87. The zero-order chi connectivity index (χ0) is 24.9. The van der Waals surface area contributed by atoms with E-state index >= 15 is 0 Å². The highest BCUT2D eigenvalue weighted by atomic mass is 32.2. The number of nitrogens with one attached hydrogen (secondary N) is 3. The molecule has 1 fully saturated rings. The fourth-order valence-corrected chi connectivity index (χ4v) is 4.49. The van der Waals surface area contributed by atoms with Gasteiger partial charge in [-0.15, -0.1) is 0 Å². The average molecular weight is 493 g/mol. The number of anilines is 1. The topological polar surface area (TPSA) is 145 Å². The molecule has 0 saturated carbocycles. The van der Waals surface area contributed by atoms with Gasteiger partial charge in [-0.05, 0) is 61.3 Å². The van der Waals surface area contributed by atoms with E-state index in [4.69, 9.17) is 0 Å². The van der Waals surface area contributed by atoms with Crippen molar-refractivity contribution in [3.63, 3.8) is 0 Å². The van der Waals surface area contributed by atoms with Gasteiger partial charge in [0.05, 0.1) is 10.9 Å². The Bertz CT molecular complexity index is 1150. The fraction of sp³-hybridized carbons (Fsp3) is 0.318. The zero-order valence-corrected chi connectivity index (χ0v) is 19.1. The number of carbonyl (C=O) groups is 3. The number of hydrogen-bond donors (Lipinski definition) is 4. The Morgan fingerprint density at radius 3 is 2.35 bits per heavy atom. The highest BCUT2D eigenvalue weighted by Gasteiger charge is 2.32. The molecule has 182 valence electrons. The van der Waals surface area contributed by atoms with E-state index in [9.17, 15) is 32.3 Å². The van der Waals surface area contributed by atoms with Gasteiger partial charge in [-0.3, -0.25) is 4.79 Å². The molecular weight excluding hydrogens is 467 g/mol. The first kappa shape index (κ1) is 25.1. The third-order valence-corrected chi connectivity index (χ3v) is 6.80. The maximum atomic E-state index is 13.0. The summed E-state index contributed by atoms with van der Waals surface area (Å²) in [5, 5.41) is 15.1. The van der Waals surface area contributed by atoms with Crippen LogP contribution in [0, 0.1) is 5.82 Å². The van der Waals surface area contributed by atoms with Crippen LogP contribution in [0.2, 0.25) is 0 Å². The van der Waals surface area contributed by atoms with Crippen molar-refractivity contribution in [3.8, 4) is 0 Å². The predicted molar refractivity (Wildman–Crippen MR) is 121 cm³/mol. The van der Waals surface area contributed by atoms with Crippen LogP contribution >= 0.6 is 0 Å². The van der Waals surface area contributed by atoms with Crippen LogP contribution in [0.1, 0.15) is 18.4 Å². The van der Waals surface area contributed by atoms with Gasteiger partial charge in [-0.25, -0.2) is 27.1 Å². The van der Waals surface area contributed by atoms with Crippen LogP contribution in [0.3, 0.4) is 0 Å². The molecule has 34 heavy (non-hydrogen) atoms. The fourth-order valence-electron chi connectivity index (χ4n) is 3.58. The summed E-state index contributed by atoms with van der Waals surface area (Å²) in [6.45, 7) is 0.717. The number of carboxylic acid groups (broad SMARTS) is 1. The first-order valence-corrected chi connectivity index (χ1v) is 12.0. The minimum atomic E-state index is -4.19. The van der Waals surface area contributed by atoms with Crippen LogP contribution in [0.25, 0.3) is 0 Å². The number of aliphatic carboxylic acids is 1. The Kier molecular flexibility index (Phi) is 7.84. The van der Waals surface area contributed by atoms with E-state index < -0.39 is 33.9 Å². The minimum absolute atomic E-state index is 0.0513. The van der Waals surface area contributed by atoms with E-state index in [0.29, 0.717) is 12.0 Å². The molecule has 2 aromatic carbocycles. The van der Waals surface area contributed by atoms with Crippen molar-refractivity contribution in [1.82, 2.24) is 14.9 Å². The van der Waals surface area contributed by atoms with Crippen molar-refractivity contribution >= 4 is 33.6 Å². The number of rotatable bonds is 8. The molecule has 0 aliphatic carbocycles. The lowest BCUT2D eigenvalue weighted by Gasteiger charge is -2.27. The standard InChI is InChI=1S/C22H25FN4O6S/c1-27(20(28)18-3-2-12-24-18)19(21(29)30)13-14-4-8-16(9-5-14)25-22(31)26-34(32,33)17-10-6-15(23)7-11-17/h4-11,18-19,24H,2-3,12-13H2,1H3,(H,29,30)(H2,25,26,31)/t18-,19-/m0/s1. The van der Waals surface area contributed by atoms with Crippen LogP contribution < -0.4 is 15.4 Å². The normalized spacial score (nSPS) is 16.5. The van der Waals surface area contributed by atoms with Gasteiger partial charge in [0.1, 0.15) is 11.9 Å². The summed E-state index contributed by atoms with van der Waals surface area (Å²) in [6.07, 6.45) is 1.57. The van der Waals surface area contributed by atoms with E-state index in [1.54, 1.807) is 12.1 Å². The smallest absolute Gasteiger partial charge is 0.333 e. The van der Waals surface area contributed by atoms with E-state index in [-0.39, 0.29) is 29.0 Å². The van der Waals surface area contributed by atoms with Gasteiger partial charge in [0.2, 0.25) is 5.91 Å². The van der Waals surface area contributed by atoms with Crippen molar-refractivity contribution in [1.29, 1.82) is 0 Å². The summed E-state index contributed by atoms with van der Waals surface area (Å²) in [5.74, 6) is -2.02. The van der Waals surface area contributed by atoms with E-state index in [2.05, 4.69) is 10.6 Å². The molecule has 1 aliphatic rings. The molecule has 1 aliphatic heterocycles. The van der Waals surface area contributed by atoms with Gasteiger partial charge in [0.15, 0.2) is 0 Å². The van der Waals surface area contributed by atoms with E-state index in [0.717, 1.165) is 37.2 Å². The third-order valence-electron chi connectivity index (χ3n) is 5.45. The molecule has 0 unspecified atom stereocenters. The number of sulfonamides is 1. The molecule has 1 heterocycles. The van der Waals surface area contributed by atoms with Gasteiger partial charge in [0, 0.05) is 19.2 Å². The van der Waals surface area contributed by atoms with Crippen LogP contribution in [-0.2, 0) is 26.0 Å².